The third kappa shape index (κ3) is 4.05. The summed E-state index contributed by atoms with van der Waals surface area (Å²) >= 11 is -3.16. The van der Waals surface area contributed by atoms with Crippen molar-refractivity contribution in [1.82, 2.24) is 0 Å². The van der Waals surface area contributed by atoms with Crippen molar-refractivity contribution in [2.24, 2.45) is 0 Å². The van der Waals surface area contributed by atoms with E-state index in [4.69, 9.17) is 0 Å². The molecule has 0 heterocycles. The summed E-state index contributed by atoms with van der Waals surface area (Å²) in [5.41, 5.74) is 0. The third-order valence-corrected chi connectivity index (χ3v) is 18.4. The Kier molecular flexibility index (Phi) is 6.11. The summed E-state index contributed by atoms with van der Waals surface area (Å²) in [6, 6.07) is 32.8. The molecule has 0 aliphatic rings. The number of hydrogen-bond donors (Lipinski definition) is 1. The fraction of sp³-hybridized carbons (Fsp3) is 0.130. The topological polar surface area (TPSA) is 20.2 Å². The molecule has 0 bridgehead atoms. The van der Waals surface area contributed by atoms with E-state index in [-0.39, 0.29) is 0 Å². The Hall–Kier alpha value is -1.84. The SMILES string of the molecule is CC(O)/C=C/[CH2][Sn]([c]1ccccc1)([c]1ccccc1)[c]1ccccc1. The van der Waals surface area contributed by atoms with Crippen LogP contribution in [0.5, 0.6) is 0 Å². The normalized spacial score (nSPS) is 13.0. The molecule has 0 aliphatic carbocycles. The molecule has 3 aromatic carbocycles. The van der Waals surface area contributed by atoms with Gasteiger partial charge >= 0.3 is 155 Å². The van der Waals surface area contributed by atoms with E-state index in [9.17, 15) is 5.11 Å². The Balaban J connectivity index is 2.24. The number of benzene rings is 3. The molecule has 126 valence electrons. The number of hydrogen-bond acceptors (Lipinski definition) is 1. The average molecular weight is 435 g/mol. The van der Waals surface area contributed by atoms with E-state index in [1.54, 1.807) is 6.92 Å². The molecular formula is C23H24OSn. The second-order valence-electron chi connectivity index (χ2n) is 6.38. The Morgan fingerprint density at radius 2 is 1.08 bits per heavy atom. The number of allylic oxidation sites excluding steroid dienone is 1. The van der Waals surface area contributed by atoms with Gasteiger partial charge in [-0.25, -0.2) is 0 Å². The van der Waals surface area contributed by atoms with Gasteiger partial charge in [0, 0.05) is 0 Å². The monoisotopic (exact) mass is 436 g/mol. The predicted molar refractivity (Wildman–Crippen MR) is 110 cm³/mol. The molecule has 1 unspecified atom stereocenters. The van der Waals surface area contributed by atoms with Gasteiger partial charge in [-0.05, 0) is 0 Å². The van der Waals surface area contributed by atoms with Crippen molar-refractivity contribution in [2.75, 3.05) is 0 Å². The number of rotatable bonds is 6. The van der Waals surface area contributed by atoms with E-state index in [1.807, 2.05) is 6.08 Å². The van der Waals surface area contributed by atoms with E-state index in [0.717, 1.165) is 4.44 Å². The zero-order chi connectivity index (χ0) is 17.5. The summed E-state index contributed by atoms with van der Waals surface area (Å²) in [5.74, 6) is 0. The summed E-state index contributed by atoms with van der Waals surface area (Å²) in [5, 5.41) is 9.70. The van der Waals surface area contributed by atoms with Crippen LogP contribution in [0.15, 0.2) is 103 Å². The van der Waals surface area contributed by atoms with E-state index in [2.05, 4.69) is 97.1 Å². The Morgan fingerprint density at radius 3 is 1.40 bits per heavy atom. The predicted octanol–water partition coefficient (Wildman–Crippen LogP) is 3.09. The van der Waals surface area contributed by atoms with Crippen molar-refractivity contribution in [1.29, 1.82) is 0 Å². The number of aliphatic hydroxyl groups excluding tert-OH is 1. The maximum atomic E-state index is 9.70. The fourth-order valence-corrected chi connectivity index (χ4v) is 16.3. The summed E-state index contributed by atoms with van der Waals surface area (Å²) < 4.78 is 5.38. The third-order valence-electron chi connectivity index (χ3n) is 4.64. The van der Waals surface area contributed by atoms with Crippen LogP contribution >= 0.6 is 0 Å². The molecule has 0 saturated carbocycles. The first-order valence-electron chi connectivity index (χ1n) is 8.75. The van der Waals surface area contributed by atoms with Gasteiger partial charge in [0.1, 0.15) is 0 Å². The summed E-state index contributed by atoms with van der Waals surface area (Å²) in [6.07, 6.45) is 3.69. The standard InChI is InChI=1S/3C6H5.C5H9O.Sn/c3*1-2-4-6-5-3-1;1-3-4-5(2)6;/h3*1-5H;3-6H,1H2,2H3;/b;;;4-3+;. The van der Waals surface area contributed by atoms with Gasteiger partial charge in [0.2, 0.25) is 0 Å². The first-order chi connectivity index (χ1) is 12.2. The molecular weight excluding hydrogens is 411 g/mol. The fourth-order valence-electron chi connectivity index (χ4n) is 3.46. The zero-order valence-electron chi connectivity index (χ0n) is 14.5. The molecule has 3 rings (SSSR count). The van der Waals surface area contributed by atoms with E-state index < -0.39 is 24.5 Å². The second-order valence-corrected chi connectivity index (χ2v) is 17.7. The average Bonchev–Trinajstić information content (AvgIpc) is 2.67. The quantitative estimate of drug-likeness (QED) is 0.467. The van der Waals surface area contributed by atoms with Gasteiger partial charge in [-0.3, -0.25) is 0 Å². The molecule has 3 aromatic rings. The van der Waals surface area contributed by atoms with Crippen LogP contribution in [0.2, 0.25) is 4.44 Å². The minimum atomic E-state index is -3.16. The van der Waals surface area contributed by atoms with Crippen LogP contribution in [0.3, 0.4) is 0 Å². The van der Waals surface area contributed by atoms with Gasteiger partial charge in [-0.2, -0.15) is 0 Å². The van der Waals surface area contributed by atoms with Gasteiger partial charge in [-0.15, -0.1) is 0 Å². The molecule has 25 heavy (non-hydrogen) atoms. The van der Waals surface area contributed by atoms with Gasteiger partial charge < -0.3 is 0 Å². The van der Waals surface area contributed by atoms with Crippen molar-refractivity contribution in [3.8, 4) is 0 Å². The Bertz CT molecular complexity index is 699. The molecule has 2 heteroatoms. The molecule has 0 aromatic heterocycles. The van der Waals surface area contributed by atoms with Crippen LogP contribution in [-0.4, -0.2) is 29.6 Å². The molecule has 1 atom stereocenters. The summed E-state index contributed by atoms with van der Waals surface area (Å²) in [6.45, 7) is 1.81. The van der Waals surface area contributed by atoms with E-state index in [0.29, 0.717) is 0 Å². The van der Waals surface area contributed by atoms with Crippen LogP contribution in [0.1, 0.15) is 6.92 Å². The maximum absolute atomic E-state index is 9.70. The van der Waals surface area contributed by atoms with Crippen LogP contribution in [0, 0.1) is 0 Å². The molecule has 1 nitrogen and oxygen atoms in total. The number of aliphatic hydroxyl groups is 1. The van der Waals surface area contributed by atoms with Crippen molar-refractivity contribution in [3.63, 3.8) is 0 Å². The molecule has 0 saturated heterocycles. The summed E-state index contributed by atoms with van der Waals surface area (Å²) in [7, 11) is 0. The van der Waals surface area contributed by atoms with Crippen LogP contribution in [0.25, 0.3) is 0 Å². The Labute approximate surface area is 154 Å². The zero-order valence-corrected chi connectivity index (χ0v) is 17.4. The van der Waals surface area contributed by atoms with Crippen molar-refractivity contribution in [2.45, 2.75) is 17.5 Å². The van der Waals surface area contributed by atoms with Gasteiger partial charge in [0.05, 0.1) is 0 Å². The first kappa shape index (κ1) is 18.0. The van der Waals surface area contributed by atoms with Crippen molar-refractivity contribution in [3.05, 3.63) is 103 Å². The Morgan fingerprint density at radius 1 is 0.720 bits per heavy atom. The van der Waals surface area contributed by atoms with Crippen LogP contribution < -0.4 is 10.7 Å². The minimum absolute atomic E-state index is 0.411. The van der Waals surface area contributed by atoms with Crippen LogP contribution in [0.4, 0.5) is 0 Å². The summed E-state index contributed by atoms with van der Waals surface area (Å²) in [4.78, 5) is 0. The molecule has 0 aliphatic heterocycles. The molecule has 1 N–H and O–H groups in total. The van der Waals surface area contributed by atoms with Crippen molar-refractivity contribution < 1.29 is 5.11 Å². The van der Waals surface area contributed by atoms with Gasteiger partial charge in [0.15, 0.2) is 0 Å². The molecule has 0 fully saturated rings. The molecule has 0 amide bonds. The van der Waals surface area contributed by atoms with Crippen LogP contribution in [-0.2, 0) is 0 Å². The van der Waals surface area contributed by atoms with Crippen molar-refractivity contribution >= 4 is 29.1 Å². The first-order valence-corrected chi connectivity index (χ1v) is 15.0. The van der Waals surface area contributed by atoms with E-state index in [1.165, 1.54) is 10.7 Å². The second kappa shape index (κ2) is 8.50. The molecule has 0 radical (unpaired) electrons. The van der Waals surface area contributed by atoms with E-state index >= 15 is 0 Å². The van der Waals surface area contributed by atoms with Gasteiger partial charge in [0.25, 0.3) is 0 Å². The molecule has 0 spiro atoms. The van der Waals surface area contributed by atoms with Gasteiger partial charge in [-0.1, -0.05) is 0 Å².